The highest BCUT2D eigenvalue weighted by Crippen LogP contribution is 2.31. The van der Waals surface area contributed by atoms with Crippen LogP contribution in [0.3, 0.4) is 0 Å². The van der Waals surface area contributed by atoms with Gasteiger partial charge in [0.2, 0.25) is 0 Å². The Morgan fingerprint density at radius 3 is 2.79 bits per heavy atom. The van der Waals surface area contributed by atoms with Crippen LogP contribution in [0.2, 0.25) is 0 Å². The Bertz CT molecular complexity index is 446. The van der Waals surface area contributed by atoms with E-state index >= 15 is 0 Å². The number of carbonyl (C=O) groups excluding carboxylic acids is 1. The van der Waals surface area contributed by atoms with Crippen molar-refractivity contribution in [1.29, 1.82) is 0 Å². The van der Waals surface area contributed by atoms with Crippen molar-refractivity contribution in [1.82, 2.24) is 0 Å². The van der Waals surface area contributed by atoms with Crippen LogP contribution in [0.1, 0.15) is 38.7 Å². The molecule has 1 aromatic carbocycles. The largest absolute Gasteiger partial charge is 0.461 e. The highest BCUT2D eigenvalue weighted by atomic mass is 16.5. The van der Waals surface area contributed by atoms with Crippen molar-refractivity contribution in [3.8, 4) is 0 Å². The van der Waals surface area contributed by atoms with E-state index in [-0.39, 0.29) is 17.3 Å². The molecule has 0 N–H and O–H groups in total. The van der Waals surface area contributed by atoms with Crippen molar-refractivity contribution in [2.75, 3.05) is 0 Å². The zero-order valence-corrected chi connectivity index (χ0v) is 11.8. The van der Waals surface area contributed by atoms with Crippen LogP contribution >= 0.6 is 0 Å². The Morgan fingerprint density at radius 1 is 1.32 bits per heavy atom. The molecule has 102 valence electrons. The van der Waals surface area contributed by atoms with E-state index in [9.17, 15) is 4.79 Å². The van der Waals surface area contributed by atoms with E-state index in [1.54, 1.807) is 0 Å². The van der Waals surface area contributed by atoms with Gasteiger partial charge in [-0.25, -0.2) is 0 Å². The summed E-state index contributed by atoms with van der Waals surface area (Å²) in [4.78, 5) is 12.1. The second-order valence-electron chi connectivity index (χ2n) is 5.96. The minimum absolute atomic E-state index is 0.0155. The molecule has 0 spiro atoms. The summed E-state index contributed by atoms with van der Waals surface area (Å²) in [5, 5.41) is 0. The van der Waals surface area contributed by atoms with Crippen LogP contribution < -0.4 is 0 Å². The fraction of sp³-hybridized carbons (Fsp3) is 0.471. The summed E-state index contributed by atoms with van der Waals surface area (Å²) in [6, 6.07) is 9.83. The lowest BCUT2D eigenvalue weighted by molar-refractivity contribution is -0.150. The minimum atomic E-state index is -0.0637. The highest BCUT2D eigenvalue weighted by Gasteiger charge is 2.25. The Morgan fingerprint density at radius 2 is 2.05 bits per heavy atom. The quantitative estimate of drug-likeness (QED) is 0.602. The van der Waals surface area contributed by atoms with Crippen molar-refractivity contribution >= 4 is 5.97 Å². The van der Waals surface area contributed by atoms with Gasteiger partial charge in [0.05, 0.1) is 5.92 Å². The number of hydrogen-bond donors (Lipinski definition) is 0. The van der Waals surface area contributed by atoms with Crippen LogP contribution in [0.15, 0.2) is 42.5 Å². The first-order chi connectivity index (χ1) is 9.07. The van der Waals surface area contributed by atoms with Crippen LogP contribution in [0, 0.1) is 11.3 Å². The molecule has 1 unspecified atom stereocenters. The summed E-state index contributed by atoms with van der Waals surface area (Å²) >= 11 is 0. The van der Waals surface area contributed by atoms with Crippen molar-refractivity contribution < 1.29 is 9.53 Å². The fourth-order valence-electron chi connectivity index (χ4n) is 2.36. The topological polar surface area (TPSA) is 26.3 Å². The normalized spacial score (nSPS) is 21.7. The van der Waals surface area contributed by atoms with E-state index in [2.05, 4.69) is 26.0 Å². The monoisotopic (exact) mass is 258 g/mol. The van der Waals surface area contributed by atoms with Crippen LogP contribution in [0.5, 0.6) is 0 Å². The maximum Gasteiger partial charge on any atom is 0.309 e. The molecule has 0 heterocycles. The lowest BCUT2D eigenvalue weighted by Gasteiger charge is -2.19. The van der Waals surface area contributed by atoms with Gasteiger partial charge in [-0.2, -0.15) is 0 Å². The smallest absolute Gasteiger partial charge is 0.309 e. The highest BCUT2D eigenvalue weighted by molar-refractivity contribution is 5.72. The lowest BCUT2D eigenvalue weighted by atomic mass is 9.87. The van der Waals surface area contributed by atoms with E-state index in [1.165, 1.54) is 0 Å². The molecule has 0 saturated heterocycles. The molecule has 1 aliphatic rings. The maximum atomic E-state index is 12.1. The summed E-state index contributed by atoms with van der Waals surface area (Å²) in [6.07, 6.45) is 7.10. The predicted molar refractivity (Wildman–Crippen MR) is 76.5 cm³/mol. The van der Waals surface area contributed by atoms with Gasteiger partial charge in [0.1, 0.15) is 6.61 Å². The third-order valence-corrected chi connectivity index (χ3v) is 3.68. The van der Waals surface area contributed by atoms with Gasteiger partial charge >= 0.3 is 5.97 Å². The molecule has 2 nitrogen and oxygen atoms in total. The molecule has 2 rings (SSSR count). The van der Waals surface area contributed by atoms with Crippen LogP contribution in [0.25, 0.3) is 0 Å². The van der Waals surface area contributed by atoms with Crippen molar-refractivity contribution in [2.24, 2.45) is 11.3 Å². The van der Waals surface area contributed by atoms with Gasteiger partial charge < -0.3 is 4.74 Å². The van der Waals surface area contributed by atoms with Crippen LogP contribution in [-0.2, 0) is 16.1 Å². The third-order valence-electron chi connectivity index (χ3n) is 3.68. The Labute approximate surface area is 115 Å². The number of allylic oxidation sites excluding steroid dienone is 2. The predicted octanol–water partition coefficient (Wildman–Crippen LogP) is 4.11. The fourth-order valence-corrected chi connectivity index (χ4v) is 2.36. The van der Waals surface area contributed by atoms with E-state index in [1.807, 2.05) is 30.3 Å². The standard InChI is InChI=1S/C17H22O2/c1-17(2)11-6-9-15(10-12-17)16(18)19-13-14-7-4-3-5-8-14/h3-8,11,15H,9-10,12-13H2,1-2H3. The van der Waals surface area contributed by atoms with Crippen LogP contribution in [-0.4, -0.2) is 5.97 Å². The molecule has 0 aromatic heterocycles. The summed E-state index contributed by atoms with van der Waals surface area (Å²) < 4.78 is 5.42. The van der Waals surface area contributed by atoms with Gasteiger partial charge in [-0.15, -0.1) is 0 Å². The van der Waals surface area contributed by atoms with E-state index in [0.29, 0.717) is 6.61 Å². The van der Waals surface area contributed by atoms with Gasteiger partial charge in [-0.05, 0) is 30.2 Å². The zero-order chi connectivity index (χ0) is 13.7. The van der Waals surface area contributed by atoms with Crippen molar-refractivity contribution in [3.63, 3.8) is 0 Å². The van der Waals surface area contributed by atoms with Gasteiger partial charge in [0.25, 0.3) is 0 Å². The maximum absolute atomic E-state index is 12.1. The van der Waals surface area contributed by atoms with Crippen molar-refractivity contribution in [2.45, 2.75) is 39.7 Å². The molecule has 2 heteroatoms. The Balaban J connectivity index is 1.85. The molecule has 1 atom stereocenters. The molecule has 0 saturated carbocycles. The third kappa shape index (κ3) is 4.23. The Hall–Kier alpha value is -1.57. The molecule has 19 heavy (non-hydrogen) atoms. The lowest BCUT2D eigenvalue weighted by Crippen LogP contribution is -2.18. The summed E-state index contributed by atoms with van der Waals surface area (Å²) in [5.74, 6) is -0.0482. The molecule has 0 radical (unpaired) electrons. The van der Waals surface area contributed by atoms with Crippen molar-refractivity contribution in [3.05, 3.63) is 48.0 Å². The molecular weight excluding hydrogens is 236 g/mol. The van der Waals surface area contributed by atoms with Gasteiger partial charge in [0.15, 0.2) is 0 Å². The number of hydrogen-bond acceptors (Lipinski definition) is 2. The molecule has 1 aliphatic carbocycles. The molecule has 1 aromatic rings. The minimum Gasteiger partial charge on any atom is -0.461 e. The van der Waals surface area contributed by atoms with Gasteiger partial charge in [-0.1, -0.05) is 56.3 Å². The molecular formula is C17H22O2. The van der Waals surface area contributed by atoms with Gasteiger partial charge in [-0.3, -0.25) is 4.79 Å². The average molecular weight is 258 g/mol. The molecule has 0 fully saturated rings. The summed E-state index contributed by atoms with van der Waals surface area (Å²) in [5.41, 5.74) is 1.24. The number of benzene rings is 1. The first-order valence-corrected chi connectivity index (χ1v) is 6.95. The Kier molecular flexibility index (Phi) is 4.41. The van der Waals surface area contributed by atoms with E-state index < -0.39 is 0 Å². The summed E-state index contributed by atoms with van der Waals surface area (Å²) in [6.45, 7) is 4.80. The second kappa shape index (κ2) is 6.05. The SMILES string of the molecule is CC1(C)C=CCC(C(=O)OCc2ccccc2)CC1. The second-order valence-corrected chi connectivity index (χ2v) is 5.96. The van der Waals surface area contributed by atoms with E-state index in [0.717, 1.165) is 24.8 Å². The number of esters is 1. The number of ether oxygens (including phenoxy) is 1. The molecule has 0 amide bonds. The summed E-state index contributed by atoms with van der Waals surface area (Å²) in [7, 11) is 0. The molecule has 0 bridgehead atoms. The van der Waals surface area contributed by atoms with E-state index in [4.69, 9.17) is 4.74 Å². The number of rotatable bonds is 3. The van der Waals surface area contributed by atoms with Gasteiger partial charge in [0, 0.05) is 0 Å². The number of carbonyl (C=O) groups is 1. The first kappa shape index (κ1) is 13.9. The average Bonchev–Trinajstić information content (AvgIpc) is 2.58. The first-order valence-electron chi connectivity index (χ1n) is 6.95. The zero-order valence-electron chi connectivity index (χ0n) is 11.8. The van der Waals surface area contributed by atoms with Crippen LogP contribution in [0.4, 0.5) is 0 Å². The molecule has 0 aliphatic heterocycles.